The number of piperidine rings is 1. The van der Waals surface area contributed by atoms with Gasteiger partial charge in [0.2, 0.25) is 10.0 Å². The van der Waals surface area contributed by atoms with Gasteiger partial charge in [-0.15, -0.1) is 0 Å². The van der Waals surface area contributed by atoms with Crippen molar-refractivity contribution in [3.05, 3.63) is 110 Å². The van der Waals surface area contributed by atoms with Crippen LogP contribution < -0.4 is 15.4 Å². The molecule has 2 N–H and O–H groups in total. The lowest BCUT2D eigenvalue weighted by molar-refractivity contribution is -0.141. The second-order valence-electron chi connectivity index (χ2n) is 13.9. The third kappa shape index (κ3) is 7.25. The van der Waals surface area contributed by atoms with Crippen LogP contribution >= 0.6 is 23.2 Å². The first kappa shape index (κ1) is 38.3. The maximum Gasteiger partial charge on any atom is 0.262 e. The number of carbonyl (C=O) groups is 2. The molecule has 1 unspecified atom stereocenters. The molecule has 3 aliphatic rings. The Hall–Kier alpha value is -3.98. The van der Waals surface area contributed by atoms with Gasteiger partial charge in [-0.25, -0.2) is 8.42 Å². The van der Waals surface area contributed by atoms with Crippen molar-refractivity contribution in [1.29, 1.82) is 0 Å². The van der Waals surface area contributed by atoms with Crippen molar-refractivity contribution in [1.82, 2.24) is 29.9 Å². The van der Waals surface area contributed by atoms with Crippen LogP contribution in [-0.2, 0) is 20.5 Å². The summed E-state index contributed by atoms with van der Waals surface area (Å²) in [5.41, 5.74) is 1.31. The van der Waals surface area contributed by atoms with E-state index in [1.807, 2.05) is 31.2 Å². The zero-order valence-corrected chi connectivity index (χ0v) is 32.8. The van der Waals surface area contributed by atoms with Crippen LogP contribution in [0.5, 0.6) is 5.75 Å². The van der Waals surface area contributed by atoms with Gasteiger partial charge in [-0.3, -0.25) is 20.2 Å². The van der Waals surface area contributed by atoms with E-state index in [1.165, 1.54) is 4.31 Å². The lowest BCUT2D eigenvalue weighted by Gasteiger charge is -2.41. The molecule has 3 saturated heterocycles. The van der Waals surface area contributed by atoms with Gasteiger partial charge in [0.05, 0.1) is 29.3 Å². The van der Waals surface area contributed by atoms with Crippen molar-refractivity contribution >= 4 is 45.0 Å². The molecule has 0 spiro atoms. The Morgan fingerprint density at radius 1 is 0.833 bits per heavy atom. The summed E-state index contributed by atoms with van der Waals surface area (Å²) in [6.45, 7) is 7.42. The molecule has 0 radical (unpaired) electrons. The van der Waals surface area contributed by atoms with Gasteiger partial charge in [0, 0.05) is 54.9 Å². The first-order valence-electron chi connectivity index (χ1n) is 18.3. The number of aromatic nitrogens is 1. The minimum atomic E-state index is -3.90. The predicted molar refractivity (Wildman–Crippen MR) is 205 cm³/mol. The summed E-state index contributed by atoms with van der Waals surface area (Å²) in [4.78, 5) is 32.5. The Balaban J connectivity index is 1.33. The molecule has 4 aromatic rings. The van der Waals surface area contributed by atoms with Crippen LogP contribution in [-0.4, -0.2) is 85.4 Å². The molecule has 7 rings (SSSR count). The number of nitrogens with one attached hydrogen (secondary N) is 2. The molecule has 1 aromatic heterocycles. The lowest BCUT2D eigenvalue weighted by Crippen LogP contribution is -2.62. The van der Waals surface area contributed by atoms with Crippen molar-refractivity contribution in [3.63, 3.8) is 0 Å². The first-order valence-corrected chi connectivity index (χ1v) is 20.5. The number of benzene rings is 3. The van der Waals surface area contributed by atoms with E-state index < -0.39 is 27.8 Å². The first-order chi connectivity index (χ1) is 25.9. The third-order valence-corrected chi connectivity index (χ3v) is 13.0. The molecule has 0 aliphatic carbocycles. The SMILES string of the molecule is CCOc1ccc(S(=O)(=O)N2CCCCC2)cc1C1(C(=O)N2CCN(C(=O)c3c(C)noc3C)CC2)N[C@H](c2ccc(Cl)cc2)[C@H](c2ccc(Cl)cc2)N1. The summed E-state index contributed by atoms with van der Waals surface area (Å²) in [7, 11) is -3.90. The molecule has 15 heteroatoms. The van der Waals surface area contributed by atoms with Gasteiger partial charge in [-0.05, 0) is 87.2 Å². The minimum Gasteiger partial charge on any atom is -0.493 e. The van der Waals surface area contributed by atoms with Crippen LogP contribution in [0.1, 0.15) is 76.8 Å². The fourth-order valence-electron chi connectivity index (χ4n) is 7.76. The molecule has 0 bridgehead atoms. The highest BCUT2D eigenvalue weighted by Crippen LogP contribution is 2.45. The van der Waals surface area contributed by atoms with E-state index in [0.717, 1.165) is 30.4 Å². The molecular formula is C39H44Cl2N6O6S. The highest BCUT2D eigenvalue weighted by atomic mass is 35.5. The zero-order chi connectivity index (χ0) is 38.2. The second-order valence-corrected chi connectivity index (χ2v) is 16.7. The Morgan fingerprint density at radius 3 is 1.91 bits per heavy atom. The van der Waals surface area contributed by atoms with Crippen molar-refractivity contribution < 1.29 is 27.3 Å². The summed E-state index contributed by atoms with van der Waals surface area (Å²) in [6, 6.07) is 18.6. The van der Waals surface area contributed by atoms with Crippen LogP contribution in [0.3, 0.4) is 0 Å². The third-order valence-electron chi connectivity index (χ3n) is 10.6. The highest BCUT2D eigenvalue weighted by molar-refractivity contribution is 7.89. The van der Waals surface area contributed by atoms with Crippen LogP contribution in [0.15, 0.2) is 76.1 Å². The number of piperazine rings is 1. The average molecular weight is 796 g/mol. The maximum absolute atomic E-state index is 15.4. The number of halogens is 2. The van der Waals surface area contributed by atoms with Crippen molar-refractivity contribution in [3.8, 4) is 5.75 Å². The fraction of sp³-hybridized carbons (Fsp3) is 0.410. The zero-order valence-electron chi connectivity index (χ0n) is 30.5. The molecule has 3 aliphatic heterocycles. The normalized spacial score (nSPS) is 22.4. The molecular weight excluding hydrogens is 751 g/mol. The van der Waals surface area contributed by atoms with Gasteiger partial charge in [0.15, 0.2) is 5.66 Å². The van der Waals surface area contributed by atoms with Gasteiger partial charge in [0.25, 0.3) is 11.8 Å². The maximum atomic E-state index is 15.4. The van der Waals surface area contributed by atoms with Gasteiger partial charge < -0.3 is 19.1 Å². The quantitative estimate of drug-likeness (QED) is 0.210. The topological polar surface area (TPSA) is 137 Å². The Labute approximate surface area is 325 Å². The molecule has 2 amide bonds. The number of hydrogen-bond donors (Lipinski definition) is 2. The van der Waals surface area contributed by atoms with Crippen LogP contribution in [0.25, 0.3) is 0 Å². The number of nitrogens with zero attached hydrogens (tertiary/aromatic N) is 4. The summed E-state index contributed by atoms with van der Waals surface area (Å²) < 4.78 is 41.3. The van der Waals surface area contributed by atoms with E-state index in [4.69, 9.17) is 32.5 Å². The largest absolute Gasteiger partial charge is 0.493 e. The standard InChI is InChI=1S/C39H44Cl2N6O6S/c1-4-52-33-17-16-31(54(50,51)47-18-6-5-7-19-47)24-32(33)39(38(49)46-22-20-45(21-23-46)37(48)34-25(2)44-53-26(34)3)42-35(27-8-12-29(40)13-9-27)36(43-39)28-10-14-30(41)15-11-28/h8-17,24,35-36,42-43H,4-7,18-23H2,1-3H3/t35-,36+,39?. The predicted octanol–water partition coefficient (Wildman–Crippen LogP) is 5.98. The number of carbonyl (C=O) groups excluding carboxylic acids is 2. The molecule has 12 nitrogen and oxygen atoms in total. The van der Waals surface area contributed by atoms with Crippen LogP contribution in [0, 0.1) is 13.8 Å². The van der Waals surface area contributed by atoms with Crippen LogP contribution in [0.2, 0.25) is 10.0 Å². The monoisotopic (exact) mass is 794 g/mol. The van der Waals surface area contributed by atoms with Crippen molar-refractivity contribution in [2.45, 2.75) is 62.7 Å². The number of aryl methyl sites for hydroxylation is 2. The number of rotatable bonds is 9. The number of ether oxygens (including phenoxy) is 1. The Kier molecular flexibility index (Phi) is 11.1. The second kappa shape index (κ2) is 15.6. The van der Waals surface area contributed by atoms with E-state index in [9.17, 15) is 13.2 Å². The van der Waals surface area contributed by atoms with Gasteiger partial charge in [-0.2, -0.15) is 4.31 Å². The summed E-state index contributed by atoms with van der Waals surface area (Å²) in [6.07, 6.45) is 2.54. The average Bonchev–Trinajstić information content (AvgIpc) is 3.75. The smallest absolute Gasteiger partial charge is 0.262 e. The summed E-state index contributed by atoms with van der Waals surface area (Å²) in [5, 5.41) is 12.4. The molecule has 4 heterocycles. The fourth-order valence-corrected chi connectivity index (χ4v) is 9.55. The molecule has 0 saturated carbocycles. The number of hydrogen-bond acceptors (Lipinski definition) is 9. The van der Waals surface area contributed by atoms with Crippen molar-refractivity contribution in [2.75, 3.05) is 45.9 Å². The Morgan fingerprint density at radius 2 is 1.39 bits per heavy atom. The van der Waals surface area contributed by atoms with Gasteiger partial charge in [0.1, 0.15) is 17.1 Å². The Bertz CT molecular complexity index is 2040. The van der Waals surface area contributed by atoms with E-state index in [1.54, 1.807) is 66.1 Å². The van der Waals surface area contributed by atoms with E-state index in [-0.39, 0.29) is 49.5 Å². The highest BCUT2D eigenvalue weighted by Gasteiger charge is 2.55. The molecule has 54 heavy (non-hydrogen) atoms. The summed E-state index contributed by atoms with van der Waals surface area (Å²) >= 11 is 12.7. The van der Waals surface area contributed by atoms with Crippen molar-refractivity contribution in [2.24, 2.45) is 0 Å². The van der Waals surface area contributed by atoms with Gasteiger partial charge in [-0.1, -0.05) is 59.0 Å². The molecule has 286 valence electrons. The molecule has 3 aromatic carbocycles. The van der Waals surface area contributed by atoms with E-state index in [0.29, 0.717) is 51.5 Å². The van der Waals surface area contributed by atoms with E-state index in [2.05, 4.69) is 15.8 Å². The molecule has 3 atom stereocenters. The number of amides is 2. The van der Waals surface area contributed by atoms with Gasteiger partial charge >= 0.3 is 0 Å². The van der Waals surface area contributed by atoms with Crippen LogP contribution in [0.4, 0.5) is 0 Å². The summed E-state index contributed by atoms with van der Waals surface area (Å²) in [5.74, 6) is 0.266. The van der Waals surface area contributed by atoms with E-state index >= 15 is 4.79 Å². The lowest BCUT2D eigenvalue weighted by atomic mass is 9.95. The number of sulfonamides is 1. The molecule has 3 fully saturated rings. The minimum absolute atomic E-state index is 0.0755.